The van der Waals surface area contributed by atoms with Crippen molar-refractivity contribution in [1.29, 1.82) is 0 Å². The SMILES string of the molecule is CCc1c(-c2ccc(O)cc2)c2c(C(=O)N(C)CCN(C)C)cc3cc(OC)cc1n32. The second-order valence-corrected chi connectivity index (χ2v) is 8.23. The number of nitrogens with zero attached hydrogens (tertiary/aromatic N) is 3. The van der Waals surface area contributed by atoms with Crippen molar-refractivity contribution in [2.75, 3.05) is 41.3 Å². The monoisotopic (exact) mass is 419 g/mol. The van der Waals surface area contributed by atoms with Crippen LogP contribution in [0.3, 0.4) is 0 Å². The van der Waals surface area contributed by atoms with E-state index < -0.39 is 0 Å². The Kier molecular flexibility index (Phi) is 5.50. The summed E-state index contributed by atoms with van der Waals surface area (Å²) >= 11 is 0. The third-order valence-electron chi connectivity index (χ3n) is 5.89. The number of hydrogen-bond acceptors (Lipinski definition) is 4. The molecule has 1 aromatic carbocycles. The van der Waals surface area contributed by atoms with Crippen molar-refractivity contribution in [3.8, 4) is 22.6 Å². The number of pyridine rings is 1. The van der Waals surface area contributed by atoms with Gasteiger partial charge in [0.25, 0.3) is 5.91 Å². The van der Waals surface area contributed by atoms with Gasteiger partial charge in [-0.15, -0.1) is 0 Å². The molecule has 0 fully saturated rings. The summed E-state index contributed by atoms with van der Waals surface area (Å²) in [6.07, 6.45) is 0.810. The van der Waals surface area contributed by atoms with Gasteiger partial charge in [-0.3, -0.25) is 4.79 Å². The van der Waals surface area contributed by atoms with Gasteiger partial charge in [-0.2, -0.15) is 0 Å². The lowest BCUT2D eigenvalue weighted by atomic mass is 9.98. The molecule has 0 radical (unpaired) electrons. The zero-order chi connectivity index (χ0) is 22.3. The van der Waals surface area contributed by atoms with Gasteiger partial charge in [0, 0.05) is 37.8 Å². The lowest BCUT2D eigenvalue weighted by Crippen LogP contribution is -2.33. The van der Waals surface area contributed by atoms with Crippen LogP contribution in [0.1, 0.15) is 22.8 Å². The minimum Gasteiger partial charge on any atom is -0.508 e. The van der Waals surface area contributed by atoms with Crippen LogP contribution in [0.2, 0.25) is 0 Å². The third-order valence-corrected chi connectivity index (χ3v) is 5.89. The van der Waals surface area contributed by atoms with Gasteiger partial charge in [-0.25, -0.2) is 0 Å². The number of rotatable bonds is 7. The minimum absolute atomic E-state index is 0.000835. The lowest BCUT2D eigenvalue weighted by molar-refractivity contribution is 0.0788. The molecule has 3 heterocycles. The van der Waals surface area contributed by atoms with E-state index in [0.717, 1.165) is 52.0 Å². The first kappa shape index (κ1) is 21.0. The number of carbonyl (C=O) groups excluding carboxylic acids is 1. The summed E-state index contributed by atoms with van der Waals surface area (Å²) < 4.78 is 7.71. The smallest absolute Gasteiger partial charge is 0.255 e. The molecular weight excluding hydrogens is 390 g/mol. The lowest BCUT2D eigenvalue weighted by Gasteiger charge is -2.19. The highest BCUT2D eigenvalue weighted by Crippen LogP contribution is 2.41. The summed E-state index contributed by atoms with van der Waals surface area (Å²) in [5.41, 5.74) is 6.76. The van der Waals surface area contributed by atoms with Gasteiger partial charge in [0.1, 0.15) is 11.5 Å². The van der Waals surface area contributed by atoms with Crippen molar-refractivity contribution in [2.24, 2.45) is 0 Å². The second kappa shape index (κ2) is 8.12. The third kappa shape index (κ3) is 3.57. The summed E-state index contributed by atoms with van der Waals surface area (Å²) in [7, 11) is 7.52. The molecule has 6 nitrogen and oxygen atoms in total. The minimum atomic E-state index is -0.000835. The van der Waals surface area contributed by atoms with E-state index in [9.17, 15) is 9.90 Å². The molecule has 162 valence electrons. The number of amides is 1. The van der Waals surface area contributed by atoms with Gasteiger partial charge in [-0.05, 0) is 49.8 Å². The molecule has 3 aromatic heterocycles. The van der Waals surface area contributed by atoms with Gasteiger partial charge in [-0.1, -0.05) is 19.1 Å². The van der Waals surface area contributed by atoms with E-state index in [1.165, 1.54) is 0 Å². The average molecular weight is 420 g/mol. The standard InChI is InChI=1S/C25H29N3O3/c1-6-20-22-15-19(31-5)13-17-14-21(25(30)27(4)12-11-26(2)3)24(28(17)22)23(20)16-7-9-18(29)10-8-16/h7-10,13-15,29H,6,11-12H2,1-5H3. The number of methoxy groups -OCH3 is 1. The van der Waals surface area contributed by atoms with Crippen LogP contribution in [-0.2, 0) is 6.42 Å². The molecule has 0 aliphatic carbocycles. The molecule has 0 saturated heterocycles. The summed E-state index contributed by atoms with van der Waals surface area (Å²) in [5.74, 6) is 0.989. The predicted octanol–water partition coefficient (Wildman–Crippen LogP) is 4.11. The number of phenols is 1. The van der Waals surface area contributed by atoms with E-state index in [1.807, 2.05) is 51.5 Å². The molecule has 31 heavy (non-hydrogen) atoms. The largest absolute Gasteiger partial charge is 0.508 e. The fourth-order valence-electron chi connectivity index (χ4n) is 4.26. The fourth-order valence-corrected chi connectivity index (χ4v) is 4.26. The van der Waals surface area contributed by atoms with Gasteiger partial charge in [0.05, 0.1) is 29.2 Å². The van der Waals surface area contributed by atoms with Crippen LogP contribution in [-0.4, -0.2) is 66.6 Å². The van der Waals surface area contributed by atoms with E-state index in [1.54, 1.807) is 24.1 Å². The van der Waals surface area contributed by atoms with E-state index in [2.05, 4.69) is 16.2 Å². The van der Waals surface area contributed by atoms with Crippen molar-refractivity contribution >= 4 is 22.5 Å². The Hall–Kier alpha value is -3.25. The molecule has 1 amide bonds. The van der Waals surface area contributed by atoms with Crippen molar-refractivity contribution < 1.29 is 14.6 Å². The van der Waals surface area contributed by atoms with Gasteiger partial charge in [0.15, 0.2) is 0 Å². The average Bonchev–Trinajstić information content (AvgIpc) is 3.30. The number of aryl methyl sites for hydroxylation is 1. The molecular formula is C25H29N3O3. The quantitative estimate of drug-likeness (QED) is 0.490. The molecule has 0 bridgehead atoms. The van der Waals surface area contributed by atoms with Gasteiger partial charge < -0.3 is 24.0 Å². The Labute approximate surface area is 182 Å². The highest BCUT2D eigenvalue weighted by atomic mass is 16.5. The van der Waals surface area contributed by atoms with Crippen molar-refractivity contribution in [1.82, 2.24) is 14.2 Å². The number of benzene rings is 1. The van der Waals surface area contributed by atoms with Crippen LogP contribution in [0.5, 0.6) is 11.5 Å². The zero-order valence-electron chi connectivity index (χ0n) is 18.8. The maximum absolute atomic E-state index is 13.5. The molecule has 1 N–H and O–H groups in total. The Balaban J connectivity index is 1.99. The highest BCUT2D eigenvalue weighted by Gasteiger charge is 2.26. The second-order valence-electron chi connectivity index (χ2n) is 8.23. The number of likely N-dealkylation sites (N-methyl/N-ethyl adjacent to an activating group) is 2. The number of hydrogen-bond donors (Lipinski definition) is 1. The van der Waals surface area contributed by atoms with E-state index in [-0.39, 0.29) is 11.7 Å². The normalized spacial score (nSPS) is 11.7. The predicted molar refractivity (Wildman–Crippen MR) is 125 cm³/mol. The molecule has 4 aromatic rings. The molecule has 6 heteroatoms. The molecule has 0 unspecified atom stereocenters. The molecule has 0 saturated carbocycles. The summed E-state index contributed by atoms with van der Waals surface area (Å²) in [6.45, 7) is 3.57. The highest BCUT2D eigenvalue weighted by molar-refractivity contribution is 6.10. The number of carbonyl (C=O) groups is 1. The summed E-state index contributed by atoms with van der Waals surface area (Å²) in [6, 6.07) is 13.2. The van der Waals surface area contributed by atoms with Crippen LogP contribution in [0.25, 0.3) is 27.7 Å². The Morgan fingerprint density at radius 3 is 2.39 bits per heavy atom. The van der Waals surface area contributed by atoms with E-state index in [4.69, 9.17) is 4.74 Å². The first-order chi connectivity index (χ1) is 14.8. The molecule has 4 rings (SSSR count). The summed E-state index contributed by atoms with van der Waals surface area (Å²) in [4.78, 5) is 17.4. The zero-order valence-corrected chi connectivity index (χ0v) is 18.8. The molecule has 0 atom stereocenters. The Bertz CT molecular complexity index is 1220. The van der Waals surface area contributed by atoms with Crippen LogP contribution in [0.15, 0.2) is 42.5 Å². The van der Waals surface area contributed by atoms with Crippen molar-refractivity contribution in [2.45, 2.75) is 13.3 Å². The van der Waals surface area contributed by atoms with Crippen molar-refractivity contribution in [3.63, 3.8) is 0 Å². The van der Waals surface area contributed by atoms with E-state index >= 15 is 0 Å². The topological polar surface area (TPSA) is 57.4 Å². The molecule has 0 aliphatic heterocycles. The van der Waals surface area contributed by atoms with Crippen LogP contribution >= 0.6 is 0 Å². The first-order valence-corrected chi connectivity index (χ1v) is 10.5. The number of aromatic hydroxyl groups is 1. The van der Waals surface area contributed by atoms with E-state index in [0.29, 0.717) is 12.1 Å². The maximum Gasteiger partial charge on any atom is 0.255 e. The number of ether oxygens (including phenoxy) is 1. The molecule has 0 spiro atoms. The Morgan fingerprint density at radius 1 is 1.06 bits per heavy atom. The van der Waals surface area contributed by atoms with Crippen LogP contribution in [0, 0.1) is 0 Å². The van der Waals surface area contributed by atoms with Crippen LogP contribution < -0.4 is 4.74 Å². The van der Waals surface area contributed by atoms with Crippen molar-refractivity contribution in [3.05, 3.63) is 53.6 Å². The number of aromatic nitrogens is 1. The van der Waals surface area contributed by atoms with Gasteiger partial charge in [0.2, 0.25) is 0 Å². The summed E-state index contributed by atoms with van der Waals surface area (Å²) in [5, 5.41) is 9.79. The maximum atomic E-state index is 13.5. The van der Waals surface area contributed by atoms with Crippen LogP contribution in [0.4, 0.5) is 0 Å². The Morgan fingerprint density at radius 2 is 1.77 bits per heavy atom. The molecule has 0 aliphatic rings. The fraction of sp³-hybridized carbons (Fsp3) is 0.320. The van der Waals surface area contributed by atoms with Gasteiger partial charge >= 0.3 is 0 Å². The number of phenolic OH excluding ortho intramolecular Hbond substituents is 1. The first-order valence-electron chi connectivity index (χ1n) is 10.5.